The van der Waals surface area contributed by atoms with Crippen LogP contribution in [0.1, 0.15) is 20.3 Å². The SMILES string of the molecule is CC1SCCN(CCC2CNCCO2)C1C. The van der Waals surface area contributed by atoms with Crippen molar-refractivity contribution in [3.8, 4) is 0 Å². The Morgan fingerprint density at radius 2 is 2.31 bits per heavy atom. The number of morpholine rings is 1. The molecule has 0 saturated carbocycles. The topological polar surface area (TPSA) is 24.5 Å². The molecule has 0 bridgehead atoms. The predicted molar refractivity (Wildman–Crippen MR) is 70.2 cm³/mol. The van der Waals surface area contributed by atoms with E-state index in [1.165, 1.54) is 25.3 Å². The van der Waals surface area contributed by atoms with E-state index in [0.717, 1.165) is 31.0 Å². The molecule has 0 spiro atoms. The van der Waals surface area contributed by atoms with E-state index >= 15 is 0 Å². The van der Waals surface area contributed by atoms with Crippen molar-refractivity contribution in [1.29, 1.82) is 0 Å². The number of hydrogen-bond acceptors (Lipinski definition) is 4. The Labute approximate surface area is 103 Å². The van der Waals surface area contributed by atoms with Gasteiger partial charge in [-0.1, -0.05) is 6.92 Å². The summed E-state index contributed by atoms with van der Waals surface area (Å²) in [4.78, 5) is 2.62. The number of nitrogens with zero attached hydrogens (tertiary/aromatic N) is 1. The molecule has 3 unspecified atom stereocenters. The summed E-state index contributed by atoms with van der Waals surface area (Å²) in [5.41, 5.74) is 0. The molecule has 16 heavy (non-hydrogen) atoms. The van der Waals surface area contributed by atoms with Crippen LogP contribution in [0.2, 0.25) is 0 Å². The summed E-state index contributed by atoms with van der Waals surface area (Å²) in [6.07, 6.45) is 1.61. The van der Waals surface area contributed by atoms with Crippen molar-refractivity contribution in [1.82, 2.24) is 10.2 Å². The van der Waals surface area contributed by atoms with E-state index in [1.54, 1.807) is 0 Å². The van der Waals surface area contributed by atoms with E-state index in [2.05, 4.69) is 35.8 Å². The number of thioether (sulfide) groups is 1. The smallest absolute Gasteiger partial charge is 0.0712 e. The first-order chi connectivity index (χ1) is 7.77. The standard InChI is InChI=1S/C12H24N2OS/c1-10-11(2)16-8-6-14(10)5-3-12-9-13-4-7-15-12/h10-13H,3-9H2,1-2H3. The van der Waals surface area contributed by atoms with Crippen LogP contribution in [0, 0.1) is 0 Å². The highest BCUT2D eigenvalue weighted by molar-refractivity contribution is 8.00. The van der Waals surface area contributed by atoms with Crippen LogP contribution in [0.4, 0.5) is 0 Å². The summed E-state index contributed by atoms with van der Waals surface area (Å²) in [7, 11) is 0. The van der Waals surface area contributed by atoms with Gasteiger partial charge in [0, 0.05) is 43.2 Å². The maximum atomic E-state index is 5.74. The van der Waals surface area contributed by atoms with Crippen molar-refractivity contribution in [2.75, 3.05) is 38.5 Å². The minimum Gasteiger partial charge on any atom is -0.376 e. The van der Waals surface area contributed by atoms with Crippen molar-refractivity contribution in [3.05, 3.63) is 0 Å². The lowest BCUT2D eigenvalue weighted by Gasteiger charge is -2.38. The first-order valence-corrected chi connectivity index (χ1v) is 7.50. The minimum atomic E-state index is 0.436. The van der Waals surface area contributed by atoms with Crippen LogP contribution in [0.25, 0.3) is 0 Å². The minimum absolute atomic E-state index is 0.436. The highest BCUT2D eigenvalue weighted by Gasteiger charge is 2.25. The van der Waals surface area contributed by atoms with E-state index in [0.29, 0.717) is 6.10 Å². The van der Waals surface area contributed by atoms with Crippen LogP contribution in [-0.2, 0) is 4.74 Å². The highest BCUT2D eigenvalue weighted by atomic mass is 32.2. The van der Waals surface area contributed by atoms with Crippen molar-refractivity contribution in [2.24, 2.45) is 0 Å². The molecule has 2 aliphatic rings. The summed E-state index contributed by atoms with van der Waals surface area (Å²) in [6.45, 7) is 10.1. The molecule has 2 saturated heterocycles. The predicted octanol–water partition coefficient (Wildman–Crippen LogP) is 1.19. The number of ether oxygens (including phenoxy) is 1. The van der Waals surface area contributed by atoms with Crippen LogP contribution >= 0.6 is 11.8 Å². The molecule has 0 amide bonds. The zero-order valence-electron chi connectivity index (χ0n) is 10.4. The van der Waals surface area contributed by atoms with Crippen LogP contribution in [-0.4, -0.2) is 60.8 Å². The molecule has 0 radical (unpaired) electrons. The molecule has 0 aromatic carbocycles. The maximum absolute atomic E-state index is 5.74. The largest absolute Gasteiger partial charge is 0.376 e. The number of hydrogen-bond donors (Lipinski definition) is 1. The molecule has 3 atom stereocenters. The van der Waals surface area contributed by atoms with Gasteiger partial charge < -0.3 is 10.1 Å². The quantitative estimate of drug-likeness (QED) is 0.806. The van der Waals surface area contributed by atoms with Gasteiger partial charge in [-0.25, -0.2) is 0 Å². The Morgan fingerprint density at radius 1 is 1.44 bits per heavy atom. The molecular weight excluding hydrogens is 220 g/mol. The third-order valence-corrected chi connectivity index (χ3v) is 5.10. The van der Waals surface area contributed by atoms with Crippen LogP contribution in [0.3, 0.4) is 0 Å². The summed E-state index contributed by atoms with van der Waals surface area (Å²) < 4.78 is 5.74. The molecule has 2 heterocycles. The van der Waals surface area contributed by atoms with E-state index in [1.807, 2.05) is 0 Å². The van der Waals surface area contributed by atoms with Gasteiger partial charge in [0.2, 0.25) is 0 Å². The van der Waals surface area contributed by atoms with Gasteiger partial charge in [-0.15, -0.1) is 0 Å². The first-order valence-electron chi connectivity index (χ1n) is 6.45. The fraction of sp³-hybridized carbons (Fsp3) is 1.00. The normalized spacial score (nSPS) is 37.5. The van der Waals surface area contributed by atoms with E-state index in [9.17, 15) is 0 Å². The van der Waals surface area contributed by atoms with Gasteiger partial charge >= 0.3 is 0 Å². The molecule has 2 aliphatic heterocycles. The van der Waals surface area contributed by atoms with Gasteiger partial charge in [0.15, 0.2) is 0 Å². The van der Waals surface area contributed by atoms with E-state index in [4.69, 9.17) is 4.74 Å². The average molecular weight is 244 g/mol. The third kappa shape index (κ3) is 3.36. The molecule has 1 N–H and O–H groups in total. The lowest BCUT2D eigenvalue weighted by molar-refractivity contribution is 0.0152. The zero-order chi connectivity index (χ0) is 11.4. The Bertz CT molecular complexity index is 209. The molecule has 4 heteroatoms. The second kappa shape index (κ2) is 6.24. The molecule has 2 fully saturated rings. The van der Waals surface area contributed by atoms with Crippen LogP contribution < -0.4 is 5.32 Å². The van der Waals surface area contributed by atoms with Gasteiger partial charge in [-0.3, -0.25) is 4.90 Å². The molecule has 2 rings (SSSR count). The Balaban J connectivity index is 1.71. The summed E-state index contributed by atoms with van der Waals surface area (Å²) in [6, 6.07) is 0.718. The van der Waals surface area contributed by atoms with Crippen molar-refractivity contribution in [2.45, 2.75) is 37.7 Å². The van der Waals surface area contributed by atoms with E-state index in [-0.39, 0.29) is 0 Å². The van der Waals surface area contributed by atoms with Crippen LogP contribution in [0.5, 0.6) is 0 Å². The Kier molecular flexibility index (Phi) is 4.95. The summed E-state index contributed by atoms with van der Waals surface area (Å²) in [5, 5.41) is 4.17. The Morgan fingerprint density at radius 3 is 3.06 bits per heavy atom. The van der Waals surface area contributed by atoms with Gasteiger partial charge in [0.05, 0.1) is 12.7 Å². The molecule has 0 aromatic rings. The second-order valence-corrected chi connectivity index (χ2v) is 6.32. The molecule has 0 aliphatic carbocycles. The average Bonchev–Trinajstić information content (AvgIpc) is 2.32. The molecule has 0 aromatic heterocycles. The second-order valence-electron chi connectivity index (χ2n) is 4.84. The monoisotopic (exact) mass is 244 g/mol. The first kappa shape index (κ1) is 12.7. The van der Waals surface area contributed by atoms with Crippen LogP contribution in [0.15, 0.2) is 0 Å². The fourth-order valence-electron chi connectivity index (χ4n) is 2.43. The molecule has 3 nitrogen and oxygen atoms in total. The van der Waals surface area contributed by atoms with Crippen molar-refractivity contribution in [3.63, 3.8) is 0 Å². The van der Waals surface area contributed by atoms with Crippen molar-refractivity contribution >= 4 is 11.8 Å². The van der Waals surface area contributed by atoms with Crippen molar-refractivity contribution < 1.29 is 4.74 Å². The number of nitrogens with one attached hydrogen (secondary N) is 1. The van der Waals surface area contributed by atoms with E-state index < -0.39 is 0 Å². The zero-order valence-corrected chi connectivity index (χ0v) is 11.3. The summed E-state index contributed by atoms with van der Waals surface area (Å²) >= 11 is 2.11. The molecular formula is C12H24N2OS. The fourth-order valence-corrected chi connectivity index (χ4v) is 3.59. The van der Waals surface area contributed by atoms with Gasteiger partial charge in [0.1, 0.15) is 0 Å². The van der Waals surface area contributed by atoms with Gasteiger partial charge in [-0.2, -0.15) is 11.8 Å². The molecule has 94 valence electrons. The van der Waals surface area contributed by atoms with Gasteiger partial charge in [0.25, 0.3) is 0 Å². The summed E-state index contributed by atoms with van der Waals surface area (Å²) in [5.74, 6) is 1.29. The number of rotatable bonds is 3. The maximum Gasteiger partial charge on any atom is 0.0712 e. The Hall–Kier alpha value is 0.230. The lowest BCUT2D eigenvalue weighted by Crippen LogP contribution is -2.47. The third-order valence-electron chi connectivity index (χ3n) is 3.76. The van der Waals surface area contributed by atoms with Gasteiger partial charge in [-0.05, 0) is 13.3 Å². The lowest BCUT2D eigenvalue weighted by atomic mass is 10.1. The highest BCUT2D eigenvalue weighted by Crippen LogP contribution is 2.24.